The summed E-state index contributed by atoms with van der Waals surface area (Å²) in [6.07, 6.45) is 5.23. The molecule has 1 heterocycles. The molecule has 28 heavy (non-hydrogen) atoms. The van der Waals surface area contributed by atoms with Gasteiger partial charge >= 0.3 is 5.97 Å². The number of rotatable bonds is 7. The van der Waals surface area contributed by atoms with Gasteiger partial charge in [0.05, 0.1) is 6.10 Å². The van der Waals surface area contributed by atoms with Gasteiger partial charge in [-0.15, -0.1) is 6.58 Å². The third kappa shape index (κ3) is 3.69. The highest BCUT2D eigenvalue weighted by Gasteiger charge is 2.48. The maximum atomic E-state index is 13.0. The molecule has 1 aliphatic heterocycles. The zero-order valence-electron chi connectivity index (χ0n) is 16.5. The Morgan fingerprint density at radius 1 is 1.39 bits per heavy atom. The second-order valence-corrected chi connectivity index (χ2v) is 7.28. The summed E-state index contributed by atoms with van der Waals surface area (Å²) in [4.78, 5) is 24.9. The van der Waals surface area contributed by atoms with Crippen LogP contribution >= 0.6 is 0 Å². The lowest BCUT2D eigenvalue weighted by atomic mass is 9.62. The predicted octanol–water partition coefficient (Wildman–Crippen LogP) is 3.76. The molecule has 2 aliphatic rings. The van der Waals surface area contributed by atoms with Gasteiger partial charge in [-0.25, -0.2) is 0 Å². The van der Waals surface area contributed by atoms with Crippen LogP contribution in [-0.2, 0) is 19.1 Å². The van der Waals surface area contributed by atoms with Crippen LogP contribution in [-0.4, -0.2) is 31.8 Å². The molecule has 0 aromatic heterocycles. The number of hydrogen-bond acceptors (Lipinski definition) is 6. The fraction of sp³-hybridized carbons (Fsp3) is 0.455. The molecule has 1 aromatic carbocycles. The van der Waals surface area contributed by atoms with Crippen molar-refractivity contribution in [1.29, 1.82) is 0 Å². The van der Waals surface area contributed by atoms with Crippen LogP contribution in [0.15, 0.2) is 43.0 Å². The monoisotopic (exact) mass is 386 g/mol. The zero-order chi connectivity index (χ0) is 20.3. The van der Waals surface area contributed by atoms with E-state index >= 15 is 0 Å². The van der Waals surface area contributed by atoms with Gasteiger partial charge in [-0.05, 0) is 36.6 Å². The summed E-state index contributed by atoms with van der Waals surface area (Å²) in [5, 5.41) is 0. The van der Waals surface area contributed by atoms with Gasteiger partial charge in [0.1, 0.15) is 6.10 Å². The number of allylic oxidation sites excluding steroid dienone is 2. The standard InChI is InChI=1S/C22H26O6/c1-5-10-22(12-17(25-4)7-9-20(22)24)14(2)21(28-15(3)23)16-6-8-18-19(11-16)27-13-26-18/h5-9,11,14,17,21H,1,10,12-13H2,2-4H3/t14-,17-,21+,22+/m1/s1. The van der Waals surface area contributed by atoms with Gasteiger partial charge in [0.2, 0.25) is 6.79 Å². The molecule has 0 fully saturated rings. The van der Waals surface area contributed by atoms with E-state index in [0.717, 1.165) is 5.56 Å². The predicted molar refractivity (Wildman–Crippen MR) is 103 cm³/mol. The van der Waals surface area contributed by atoms with Crippen LogP contribution in [0.1, 0.15) is 38.4 Å². The Bertz CT molecular complexity index is 798. The third-order valence-electron chi connectivity index (χ3n) is 5.67. The van der Waals surface area contributed by atoms with Gasteiger partial charge in [-0.2, -0.15) is 0 Å². The van der Waals surface area contributed by atoms with Crippen molar-refractivity contribution in [2.75, 3.05) is 13.9 Å². The molecule has 3 rings (SSSR count). The van der Waals surface area contributed by atoms with E-state index in [1.807, 2.05) is 19.1 Å². The van der Waals surface area contributed by atoms with Gasteiger partial charge in [0.15, 0.2) is 17.3 Å². The van der Waals surface area contributed by atoms with Crippen molar-refractivity contribution in [2.45, 2.75) is 38.9 Å². The number of benzene rings is 1. The molecule has 6 nitrogen and oxygen atoms in total. The zero-order valence-corrected chi connectivity index (χ0v) is 16.5. The maximum absolute atomic E-state index is 13.0. The Balaban J connectivity index is 2.02. The molecular weight excluding hydrogens is 360 g/mol. The molecule has 0 spiro atoms. The van der Waals surface area contributed by atoms with Crippen LogP contribution in [0.4, 0.5) is 0 Å². The summed E-state index contributed by atoms with van der Waals surface area (Å²) >= 11 is 0. The van der Waals surface area contributed by atoms with E-state index in [9.17, 15) is 9.59 Å². The Hall–Kier alpha value is -2.60. The van der Waals surface area contributed by atoms with E-state index in [1.54, 1.807) is 31.4 Å². The minimum Gasteiger partial charge on any atom is -0.457 e. The topological polar surface area (TPSA) is 71.1 Å². The first kappa shape index (κ1) is 20.1. The molecule has 150 valence electrons. The maximum Gasteiger partial charge on any atom is 0.303 e. The van der Waals surface area contributed by atoms with E-state index in [0.29, 0.717) is 24.3 Å². The Kier molecular flexibility index (Phi) is 5.89. The second kappa shape index (κ2) is 8.19. The molecule has 0 saturated carbocycles. The van der Waals surface area contributed by atoms with Crippen LogP contribution in [0.25, 0.3) is 0 Å². The van der Waals surface area contributed by atoms with Crippen LogP contribution in [0.3, 0.4) is 0 Å². The van der Waals surface area contributed by atoms with Crippen molar-refractivity contribution in [2.24, 2.45) is 11.3 Å². The van der Waals surface area contributed by atoms with E-state index in [2.05, 4.69) is 6.58 Å². The smallest absolute Gasteiger partial charge is 0.303 e. The fourth-order valence-electron chi connectivity index (χ4n) is 4.11. The van der Waals surface area contributed by atoms with E-state index < -0.39 is 17.5 Å². The highest BCUT2D eigenvalue weighted by atomic mass is 16.7. The molecule has 0 N–H and O–H groups in total. The molecule has 0 amide bonds. The quantitative estimate of drug-likeness (QED) is 0.525. The van der Waals surface area contributed by atoms with Gasteiger partial charge in [-0.1, -0.05) is 25.1 Å². The lowest BCUT2D eigenvalue weighted by molar-refractivity contribution is -0.156. The molecule has 6 heteroatoms. The van der Waals surface area contributed by atoms with E-state index in [1.165, 1.54) is 6.92 Å². The van der Waals surface area contributed by atoms with Crippen LogP contribution in [0.2, 0.25) is 0 Å². The highest BCUT2D eigenvalue weighted by Crippen LogP contribution is 2.49. The first-order valence-corrected chi connectivity index (χ1v) is 9.34. The summed E-state index contributed by atoms with van der Waals surface area (Å²) < 4.78 is 22.1. The van der Waals surface area contributed by atoms with Gasteiger partial charge in [0, 0.05) is 25.4 Å². The van der Waals surface area contributed by atoms with Crippen molar-refractivity contribution in [3.05, 3.63) is 48.6 Å². The molecule has 0 saturated heterocycles. The van der Waals surface area contributed by atoms with Gasteiger partial charge < -0.3 is 18.9 Å². The number of carbonyl (C=O) groups excluding carboxylic acids is 2. The van der Waals surface area contributed by atoms with Crippen LogP contribution in [0.5, 0.6) is 11.5 Å². The molecular formula is C22H26O6. The summed E-state index contributed by atoms with van der Waals surface area (Å²) in [7, 11) is 1.62. The first-order valence-electron chi connectivity index (χ1n) is 9.34. The number of ether oxygens (including phenoxy) is 4. The number of fused-ring (bicyclic) bond motifs is 1. The van der Waals surface area contributed by atoms with Crippen molar-refractivity contribution >= 4 is 11.8 Å². The van der Waals surface area contributed by atoms with Crippen molar-refractivity contribution in [3.63, 3.8) is 0 Å². The minimum absolute atomic E-state index is 0.00825. The average Bonchev–Trinajstić information content (AvgIpc) is 3.15. The Morgan fingerprint density at radius 2 is 2.14 bits per heavy atom. The Labute approximate surface area is 165 Å². The molecule has 0 unspecified atom stereocenters. The lowest BCUT2D eigenvalue weighted by Gasteiger charge is -2.43. The number of ketones is 1. The summed E-state index contributed by atoms with van der Waals surface area (Å²) in [6, 6.07) is 5.45. The van der Waals surface area contributed by atoms with Gasteiger partial charge in [0.25, 0.3) is 0 Å². The summed E-state index contributed by atoms with van der Waals surface area (Å²) in [5.41, 5.74) is -0.0279. The lowest BCUT2D eigenvalue weighted by Crippen LogP contribution is -2.45. The fourth-order valence-corrected chi connectivity index (χ4v) is 4.11. The van der Waals surface area contributed by atoms with Crippen molar-refractivity contribution in [3.8, 4) is 11.5 Å². The van der Waals surface area contributed by atoms with Crippen LogP contribution < -0.4 is 9.47 Å². The normalized spacial score (nSPS) is 25.2. The molecule has 0 radical (unpaired) electrons. The largest absolute Gasteiger partial charge is 0.457 e. The highest BCUT2D eigenvalue weighted by molar-refractivity contribution is 5.96. The van der Waals surface area contributed by atoms with Gasteiger partial charge in [-0.3, -0.25) is 9.59 Å². The molecule has 0 bridgehead atoms. The Morgan fingerprint density at radius 3 is 2.82 bits per heavy atom. The molecule has 1 aromatic rings. The molecule has 4 atom stereocenters. The first-order chi connectivity index (χ1) is 13.4. The third-order valence-corrected chi connectivity index (χ3v) is 5.67. The van der Waals surface area contributed by atoms with Crippen LogP contribution in [0, 0.1) is 11.3 Å². The molecule has 1 aliphatic carbocycles. The van der Waals surface area contributed by atoms with E-state index in [-0.39, 0.29) is 24.6 Å². The second-order valence-electron chi connectivity index (χ2n) is 7.28. The number of methoxy groups -OCH3 is 1. The van der Waals surface area contributed by atoms with Crippen molar-refractivity contribution in [1.82, 2.24) is 0 Å². The summed E-state index contributed by atoms with van der Waals surface area (Å²) in [6.45, 7) is 7.31. The van der Waals surface area contributed by atoms with E-state index in [4.69, 9.17) is 18.9 Å². The summed E-state index contributed by atoms with van der Waals surface area (Å²) in [5.74, 6) is 0.514. The minimum atomic E-state index is -0.784. The number of carbonyl (C=O) groups is 2. The number of esters is 1. The SMILES string of the molecule is C=CC[C@@]1([C@H](C)[C@H](OC(C)=O)c2ccc3c(c2)OCO3)C[C@H](OC)C=CC1=O. The average molecular weight is 386 g/mol. The number of hydrogen-bond donors (Lipinski definition) is 0. The van der Waals surface area contributed by atoms with Crippen molar-refractivity contribution < 1.29 is 28.5 Å².